The van der Waals surface area contributed by atoms with Crippen LogP contribution in [0.5, 0.6) is 0 Å². The third-order valence-electron chi connectivity index (χ3n) is 2.72. The molecule has 0 amide bonds. The summed E-state index contributed by atoms with van der Waals surface area (Å²) in [6.45, 7) is 0. The van der Waals surface area contributed by atoms with Crippen LogP contribution in [-0.4, -0.2) is 11.0 Å². The Morgan fingerprint density at radius 1 is 1.05 bits per heavy atom. The Balaban J connectivity index is 2.20. The summed E-state index contributed by atoms with van der Waals surface area (Å²) in [5.41, 5.74) is 6.82. The summed E-state index contributed by atoms with van der Waals surface area (Å²) in [5, 5.41) is 12.0. The molecule has 2 aromatic carbocycles. The second kappa shape index (κ2) is 6.85. The van der Waals surface area contributed by atoms with Gasteiger partial charge in [0.05, 0.1) is 0 Å². The Morgan fingerprint density at radius 2 is 1.63 bits per heavy atom. The average molecular weight is 272 g/mol. The van der Waals surface area contributed by atoms with Gasteiger partial charge in [0.25, 0.3) is 0 Å². The third kappa shape index (κ3) is 4.03. The second-order valence-electron chi connectivity index (χ2n) is 4.13. The van der Waals surface area contributed by atoms with E-state index in [1.54, 1.807) is 11.8 Å². The van der Waals surface area contributed by atoms with Gasteiger partial charge in [0, 0.05) is 16.6 Å². The maximum atomic E-state index is 8.75. The minimum Gasteiger partial charge on any atom is -0.409 e. The van der Waals surface area contributed by atoms with Gasteiger partial charge >= 0.3 is 0 Å². The third-order valence-corrected chi connectivity index (χ3v) is 3.98. The molecule has 0 aliphatic heterocycles. The Hall–Kier alpha value is -1.94. The number of thioether (sulfide) groups is 1. The van der Waals surface area contributed by atoms with E-state index in [0.29, 0.717) is 6.42 Å². The van der Waals surface area contributed by atoms with E-state index in [1.807, 2.05) is 36.4 Å². The lowest BCUT2D eigenvalue weighted by Crippen LogP contribution is -2.14. The summed E-state index contributed by atoms with van der Waals surface area (Å²) in [6.07, 6.45) is 0.514. The molecule has 0 bridgehead atoms. The van der Waals surface area contributed by atoms with E-state index in [0.717, 1.165) is 0 Å². The van der Waals surface area contributed by atoms with Gasteiger partial charge in [0.15, 0.2) is 0 Å². The number of nitrogens with two attached hydrogens (primary N) is 1. The fourth-order valence-corrected chi connectivity index (χ4v) is 2.98. The SMILES string of the molecule is NC(CC(Sc1ccccc1)c1ccccc1)=NO. The molecular weight excluding hydrogens is 256 g/mol. The predicted octanol–water partition coefficient (Wildman–Crippen LogP) is 3.66. The van der Waals surface area contributed by atoms with Crippen LogP contribution in [0.1, 0.15) is 17.2 Å². The number of amidine groups is 1. The average Bonchev–Trinajstić information content (AvgIpc) is 2.48. The number of oxime groups is 1. The molecule has 1 atom stereocenters. The van der Waals surface area contributed by atoms with Crippen molar-refractivity contribution >= 4 is 17.6 Å². The Labute approximate surface area is 117 Å². The quantitative estimate of drug-likeness (QED) is 0.287. The number of rotatable bonds is 5. The highest BCUT2D eigenvalue weighted by Gasteiger charge is 2.15. The molecule has 0 saturated heterocycles. The number of hydrogen-bond donors (Lipinski definition) is 2. The molecule has 0 aliphatic carbocycles. The molecule has 4 heteroatoms. The van der Waals surface area contributed by atoms with E-state index in [-0.39, 0.29) is 11.1 Å². The molecule has 98 valence electrons. The maximum absolute atomic E-state index is 8.75. The van der Waals surface area contributed by atoms with Crippen LogP contribution in [-0.2, 0) is 0 Å². The van der Waals surface area contributed by atoms with E-state index in [1.165, 1.54) is 10.5 Å². The van der Waals surface area contributed by atoms with Crippen LogP contribution in [0.4, 0.5) is 0 Å². The largest absolute Gasteiger partial charge is 0.409 e. The number of nitrogens with zero attached hydrogens (tertiary/aromatic N) is 1. The minimum atomic E-state index is 0.138. The molecule has 0 aliphatic rings. The van der Waals surface area contributed by atoms with Gasteiger partial charge in [-0.05, 0) is 17.7 Å². The van der Waals surface area contributed by atoms with Crippen molar-refractivity contribution in [2.75, 3.05) is 0 Å². The molecule has 1 unspecified atom stereocenters. The molecule has 0 heterocycles. The second-order valence-corrected chi connectivity index (χ2v) is 5.40. The molecule has 19 heavy (non-hydrogen) atoms. The zero-order valence-electron chi connectivity index (χ0n) is 10.4. The lowest BCUT2D eigenvalue weighted by Gasteiger charge is -2.16. The number of hydrogen-bond acceptors (Lipinski definition) is 3. The van der Waals surface area contributed by atoms with Crippen LogP contribution in [0, 0.1) is 0 Å². The van der Waals surface area contributed by atoms with Crippen LogP contribution >= 0.6 is 11.8 Å². The molecule has 0 saturated carbocycles. The van der Waals surface area contributed by atoms with Gasteiger partial charge < -0.3 is 10.9 Å². The smallest absolute Gasteiger partial charge is 0.140 e. The van der Waals surface area contributed by atoms with Crippen LogP contribution in [0.25, 0.3) is 0 Å². The van der Waals surface area contributed by atoms with Crippen molar-refractivity contribution in [2.24, 2.45) is 10.9 Å². The van der Waals surface area contributed by atoms with Crippen molar-refractivity contribution < 1.29 is 5.21 Å². The first-order valence-corrected chi connectivity index (χ1v) is 6.90. The summed E-state index contributed by atoms with van der Waals surface area (Å²) in [5.74, 6) is 0.247. The minimum absolute atomic E-state index is 0.138. The number of benzene rings is 2. The van der Waals surface area contributed by atoms with Crippen LogP contribution < -0.4 is 5.73 Å². The van der Waals surface area contributed by atoms with Gasteiger partial charge in [0.2, 0.25) is 0 Å². The van der Waals surface area contributed by atoms with Crippen molar-refractivity contribution in [2.45, 2.75) is 16.6 Å². The van der Waals surface area contributed by atoms with Crippen molar-refractivity contribution in [3.8, 4) is 0 Å². The highest BCUT2D eigenvalue weighted by molar-refractivity contribution is 7.99. The van der Waals surface area contributed by atoms with E-state index in [2.05, 4.69) is 29.4 Å². The van der Waals surface area contributed by atoms with Gasteiger partial charge in [-0.25, -0.2) is 0 Å². The van der Waals surface area contributed by atoms with Gasteiger partial charge in [0.1, 0.15) is 5.84 Å². The lowest BCUT2D eigenvalue weighted by molar-refractivity contribution is 0.317. The molecule has 3 N–H and O–H groups in total. The first-order chi connectivity index (χ1) is 9.29. The summed E-state index contributed by atoms with van der Waals surface area (Å²) in [4.78, 5) is 1.17. The van der Waals surface area contributed by atoms with Crippen molar-refractivity contribution in [3.63, 3.8) is 0 Å². The summed E-state index contributed by atoms with van der Waals surface area (Å²) in [6, 6.07) is 20.2. The van der Waals surface area contributed by atoms with E-state index < -0.39 is 0 Å². The molecule has 3 nitrogen and oxygen atoms in total. The zero-order valence-corrected chi connectivity index (χ0v) is 11.3. The van der Waals surface area contributed by atoms with Crippen molar-refractivity contribution in [1.29, 1.82) is 0 Å². The van der Waals surface area contributed by atoms with Gasteiger partial charge in [-0.15, -0.1) is 11.8 Å². The van der Waals surface area contributed by atoms with E-state index in [4.69, 9.17) is 10.9 Å². The molecule has 2 aromatic rings. The Bertz CT molecular complexity index is 528. The Kier molecular flexibility index (Phi) is 4.86. The van der Waals surface area contributed by atoms with Crippen LogP contribution in [0.15, 0.2) is 70.7 Å². The zero-order chi connectivity index (χ0) is 13.5. The summed E-state index contributed by atoms with van der Waals surface area (Å²) >= 11 is 1.71. The van der Waals surface area contributed by atoms with Crippen molar-refractivity contribution in [3.05, 3.63) is 66.2 Å². The highest BCUT2D eigenvalue weighted by atomic mass is 32.2. The highest BCUT2D eigenvalue weighted by Crippen LogP contribution is 2.37. The maximum Gasteiger partial charge on any atom is 0.140 e. The molecule has 0 fully saturated rings. The van der Waals surface area contributed by atoms with Gasteiger partial charge in [-0.1, -0.05) is 53.7 Å². The molecule has 0 radical (unpaired) electrons. The van der Waals surface area contributed by atoms with E-state index in [9.17, 15) is 0 Å². The Morgan fingerprint density at radius 3 is 2.21 bits per heavy atom. The fraction of sp³-hybridized carbons (Fsp3) is 0.133. The standard InChI is InChI=1S/C15H16N2OS/c16-15(17-18)11-14(12-7-3-1-4-8-12)19-13-9-5-2-6-10-13/h1-10,14,18H,11H2,(H2,16,17). The van der Waals surface area contributed by atoms with E-state index >= 15 is 0 Å². The monoisotopic (exact) mass is 272 g/mol. The van der Waals surface area contributed by atoms with Crippen LogP contribution in [0.3, 0.4) is 0 Å². The first-order valence-electron chi connectivity index (χ1n) is 6.02. The summed E-state index contributed by atoms with van der Waals surface area (Å²) < 4.78 is 0. The van der Waals surface area contributed by atoms with Gasteiger partial charge in [-0.2, -0.15) is 0 Å². The molecule has 0 aromatic heterocycles. The van der Waals surface area contributed by atoms with Crippen molar-refractivity contribution in [1.82, 2.24) is 0 Å². The molecule has 2 rings (SSSR count). The lowest BCUT2D eigenvalue weighted by atomic mass is 10.1. The normalized spacial score (nSPS) is 13.2. The fourth-order valence-electron chi connectivity index (χ4n) is 1.79. The van der Waals surface area contributed by atoms with Gasteiger partial charge in [-0.3, -0.25) is 0 Å². The molecular formula is C15H16N2OS. The summed E-state index contributed by atoms with van der Waals surface area (Å²) in [7, 11) is 0. The van der Waals surface area contributed by atoms with Crippen LogP contribution in [0.2, 0.25) is 0 Å². The topological polar surface area (TPSA) is 58.6 Å². The predicted molar refractivity (Wildman–Crippen MR) is 79.5 cm³/mol. The molecule has 0 spiro atoms. The first kappa shape index (κ1) is 13.5.